The van der Waals surface area contributed by atoms with Crippen LogP contribution >= 0.6 is 0 Å². The Kier molecular flexibility index (Phi) is 5.03. The van der Waals surface area contributed by atoms with Crippen molar-refractivity contribution in [3.05, 3.63) is 83.7 Å². The van der Waals surface area contributed by atoms with Crippen LogP contribution in [0, 0.1) is 0 Å². The number of para-hydroxylation sites is 1. The van der Waals surface area contributed by atoms with Gasteiger partial charge in [0.05, 0.1) is 23.1 Å². The Hall–Kier alpha value is -2.92. The van der Waals surface area contributed by atoms with Gasteiger partial charge in [-0.15, -0.1) is 0 Å². The van der Waals surface area contributed by atoms with Gasteiger partial charge in [0.2, 0.25) is 0 Å². The molecule has 3 N–H and O–H groups in total. The number of rotatable bonds is 6. The number of hydrogen-bond acceptors (Lipinski definition) is 3. The van der Waals surface area contributed by atoms with Crippen LogP contribution in [-0.4, -0.2) is 22.2 Å². The van der Waals surface area contributed by atoms with E-state index in [-0.39, 0.29) is 5.91 Å². The number of nitrogens with zero attached hydrogens (tertiary/aromatic N) is 2. The number of carbonyl (C=O) groups is 1. The maximum absolute atomic E-state index is 12.6. The number of nitrogens with one attached hydrogen (secondary N) is 1. The molecule has 122 valence electrons. The van der Waals surface area contributed by atoms with Crippen LogP contribution in [-0.2, 0) is 13.0 Å². The van der Waals surface area contributed by atoms with Crippen LogP contribution in [0.2, 0.25) is 0 Å². The van der Waals surface area contributed by atoms with E-state index in [0.717, 1.165) is 16.9 Å². The fraction of sp³-hybridized carbons (Fsp3) is 0.158. The minimum atomic E-state index is -0.135. The van der Waals surface area contributed by atoms with Crippen molar-refractivity contribution in [2.24, 2.45) is 5.73 Å². The Labute approximate surface area is 141 Å². The van der Waals surface area contributed by atoms with Gasteiger partial charge in [0.15, 0.2) is 0 Å². The van der Waals surface area contributed by atoms with Crippen molar-refractivity contribution < 1.29 is 4.79 Å². The van der Waals surface area contributed by atoms with E-state index in [4.69, 9.17) is 5.73 Å². The topological polar surface area (TPSA) is 72.9 Å². The molecule has 5 heteroatoms. The molecule has 0 aliphatic heterocycles. The lowest BCUT2D eigenvalue weighted by atomic mass is 10.1. The minimum absolute atomic E-state index is 0.135. The third-order valence-corrected chi connectivity index (χ3v) is 3.79. The molecule has 0 spiro atoms. The lowest BCUT2D eigenvalue weighted by Crippen LogP contribution is -2.24. The molecule has 1 aromatic heterocycles. The van der Waals surface area contributed by atoms with Crippen LogP contribution < -0.4 is 11.1 Å². The lowest BCUT2D eigenvalue weighted by Gasteiger charge is -2.09. The highest BCUT2D eigenvalue weighted by Crippen LogP contribution is 2.15. The second kappa shape index (κ2) is 7.57. The van der Waals surface area contributed by atoms with E-state index in [1.165, 1.54) is 0 Å². The van der Waals surface area contributed by atoms with Gasteiger partial charge in [0, 0.05) is 13.0 Å². The normalized spacial score (nSPS) is 10.5. The number of amides is 1. The van der Waals surface area contributed by atoms with Gasteiger partial charge in [0.25, 0.3) is 5.91 Å². The van der Waals surface area contributed by atoms with Crippen LogP contribution in [0.4, 0.5) is 0 Å². The molecule has 5 nitrogen and oxygen atoms in total. The second-order valence-electron chi connectivity index (χ2n) is 5.46. The van der Waals surface area contributed by atoms with Crippen molar-refractivity contribution in [1.29, 1.82) is 0 Å². The highest BCUT2D eigenvalue weighted by Gasteiger charge is 2.17. The first-order valence-electron chi connectivity index (χ1n) is 7.94. The van der Waals surface area contributed by atoms with Crippen LogP contribution in [0.3, 0.4) is 0 Å². The summed E-state index contributed by atoms with van der Waals surface area (Å²) in [5.74, 6) is -0.135. The largest absolute Gasteiger partial charge is 0.348 e. The highest BCUT2D eigenvalue weighted by atomic mass is 16.1. The van der Waals surface area contributed by atoms with E-state index in [0.29, 0.717) is 25.1 Å². The van der Waals surface area contributed by atoms with Crippen molar-refractivity contribution in [2.45, 2.75) is 13.0 Å². The number of aromatic nitrogens is 2. The Bertz CT molecular complexity index is 797. The summed E-state index contributed by atoms with van der Waals surface area (Å²) in [5.41, 5.74) is 9.10. The minimum Gasteiger partial charge on any atom is -0.348 e. The lowest BCUT2D eigenvalue weighted by molar-refractivity contribution is 0.0950. The van der Waals surface area contributed by atoms with Crippen LogP contribution in [0.5, 0.6) is 0 Å². The molecule has 2 aromatic carbocycles. The van der Waals surface area contributed by atoms with Gasteiger partial charge in [0.1, 0.15) is 0 Å². The molecule has 0 unspecified atom stereocenters. The fourth-order valence-electron chi connectivity index (χ4n) is 2.61. The van der Waals surface area contributed by atoms with Crippen molar-refractivity contribution in [3.8, 4) is 5.69 Å². The van der Waals surface area contributed by atoms with Gasteiger partial charge < -0.3 is 11.1 Å². The van der Waals surface area contributed by atoms with Gasteiger partial charge >= 0.3 is 0 Å². The predicted molar refractivity (Wildman–Crippen MR) is 93.9 cm³/mol. The van der Waals surface area contributed by atoms with Crippen molar-refractivity contribution >= 4 is 5.91 Å². The average molecular weight is 320 g/mol. The van der Waals surface area contributed by atoms with Crippen LogP contribution in [0.1, 0.15) is 21.6 Å². The molecular weight excluding hydrogens is 300 g/mol. The van der Waals surface area contributed by atoms with Crippen molar-refractivity contribution in [2.75, 3.05) is 6.54 Å². The third kappa shape index (κ3) is 3.52. The summed E-state index contributed by atoms with van der Waals surface area (Å²) in [4.78, 5) is 12.6. The number of hydrogen-bond donors (Lipinski definition) is 2. The molecule has 1 amide bonds. The summed E-state index contributed by atoms with van der Waals surface area (Å²) in [6.45, 7) is 0.940. The van der Waals surface area contributed by atoms with Crippen LogP contribution in [0.15, 0.2) is 66.9 Å². The standard InChI is InChI=1S/C19H20N4O/c20-12-11-18-17(14-22-23(18)16-9-5-2-6-10-16)19(24)21-13-15-7-3-1-4-8-15/h1-10,14H,11-13,20H2,(H,21,24). The van der Waals surface area contributed by atoms with Crippen molar-refractivity contribution in [3.63, 3.8) is 0 Å². The first-order chi connectivity index (χ1) is 11.8. The van der Waals surface area contributed by atoms with E-state index in [1.807, 2.05) is 60.7 Å². The molecule has 3 rings (SSSR count). The number of carbonyl (C=O) groups excluding carboxylic acids is 1. The average Bonchev–Trinajstić information content (AvgIpc) is 3.05. The first kappa shape index (κ1) is 16.0. The molecule has 0 aliphatic rings. The molecule has 0 saturated carbocycles. The molecule has 0 bridgehead atoms. The third-order valence-electron chi connectivity index (χ3n) is 3.79. The quantitative estimate of drug-likeness (QED) is 0.732. The maximum Gasteiger partial charge on any atom is 0.255 e. The summed E-state index contributed by atoms with van der Waals surface area (Å²) in [5, 5.41) is 7.33. The smallest absolute Gasteiger partial charge is 0.255 e. The number of benzene rings is 2. The molecule has 3 aromatic rings. The maximum atomic E-state index is 12.6. The zero-order valence-corrected chi connectivity index (χ0v) is 13.4. The highest BCUT2D eigenvalue weighted by molar-refractivity contribution is 5.95. The van der Waals surface area contributed by atoms with E-state index in [2.05, 4.69) is 10.4 Å². The predicted octanol–water partition coefficient (Wildman–Crippen LogP) is 2.30. The molecule has 1 heterocycles. The molecule has 0 aliphatic carbocycles. The number of nitrogens with two attached hydrogens (primary N) is 1. The molecule has 0 fully saturated rings. The fourth-order valence-corrected chi connectivity index (χ4v) is 2.61. The van der Waals surface area contributed by atoms with Gasteiger partial charge in [-0.1, -0.05) is 48.5 Å². The summed E-state index contributed by atoms with van der Waals surface area (Å²) >= 11 is 0. The molecular formula is C19H20N4O. The summed E-state index contributed by atoms with van der Waals surface area (Å²) in [7, 11) is 0. The Morgan fingerprint density at radius 2 is 1.71 bits per heavy atom. The summed E-state index contributed by atoms with van der Waals surface area (Å²) < 4.78 is 1.78. The van der Waals surface area contributed by atoms with E-state index >= 15 is 0 Å². The van der Waals surface area contributed by atoms with Gasteiger partial charge in [-0.05, 0) is 24.2 Å². The molecule has 0 atom stereocenters. The molecule has 0 saturated heterocycles. The Morgan fingerprint density at radius 1 is 1.04 bits per heavy atom. The first-order valence-corrected chi connectivity index (χ1v) is 7.94. The van der Waals surface area contributed by atoms with Crippen LogP contribution in [0.25, 0.3) is 5.69 Å². The zero-order valence-electron chi connectivity index (χ0n) is 13.4. The van der Waals surface area contributed by atoms with Gasteiger partial charge in [-0.3, -0.25) is 4.79 Å². The van der Waals surface area contributed by atoms with E-state index in [9.17, 15) is 4.79 Å². The molecule has 24 heavy (non-hydrogen) atoms. The van der Waals surface area contributed by atoms with Gasteiger partial charge in [-0.25, -0.2) is 4.68 Å². The SMILES string of the molecule is NCCc1c(C(=O)NCc2ccccc2)cnn1-c1ccccc1. The molecule has 0 radical (unpaired) electrons. The Morgan fingerprint density at radius 3 is 2.38 bits per heavy atom. The zero-order chi connectivity index (χ0) is 16.8. The Balaban J connectivity index is 1.82. The summed E-state index contributed by atoms with van der Waals surface area (Å²) in [6.07, 6.45) is 2.20. The van der Waals surface area contributed by atoms with E-state index in [1.54, 1.807) is 10.9 Å². The van der Waals surface area contributed by atoms with Crippen molar-refractivity contribution in [1.82, 2.24) is 15.1 Å². The van der Waals surface area contributed by atoms with Gasteiger partial charge in [-0.2, -0.15) is 5.10 Å². The van der Waals surface area contributed by atoms with E-state index < -0.39 is 0 Å². The summed E-state index contributed by atoms with van der Waals surface area (Å²) in [6, 6.07) is 19.6. The monoisotopic (exact) mass is 320 g/mol. The second-order valence-corrected chi connectivity index (χ2v) is 5.46.